The van der Waals surface area contributed by atoms with Crippen molar-refractivity contribution >= 4 is 21.7 Å². The Hall–Kier alpha value is -1.65. The van der Waals surface area contributed by atoms with Gasteiger partial charge >= 0.3 is 0 Å². The molecule has 2 rings (SSSR count). The van der Waals surface area contributed by atoms with Crippen molar-refractivity contribution in [1.29, 1.82) is 0 Å². The highest BCUT2D eigenvalue weighted by Gasteiger charge is 2.12. The minimum absolute atomic E-state index is 0.0578. The van der Waals surface area contributed by atoms with E-state index in [0.29, 0.717) is 11.3 Å². The lowest BCUT2D eigenvalue weighted by atomic mass is 10.1. The second-order valence-electron chi connectivity index (χ2n) is 4.43. The number of hydrogen-bond acceptors (Lipinski definition) is 3. The molecule has 0 bridgehead atoms. The Labute approximate surface area is 126 Å². The number of halogens is 1. The van der Waals surface area contributed by atoms with Gasteiger partial charge in [0.25, 0.3) is 0 Å². The molecule has 0 aliphatic rings. The molecule has 0 saturated carbocycles. The first kappa shape index (κ1) is 14.8. The quantitative estimate of drug-likeness (QED) is 0.846. The number of benzene rings is 2. The van der Waals surface area contributed by atoms with Crippen molar-refractivity contribution in [3.63, 3.8) is 0 Å². The van der Waals surface area contributed by atoms with Crippen LogP contribution in [-0.4, -0.2) is 17.5 Å². The zero-order chi connectivity index (χ0) is 14.5. The van der Waals surface area contributed by atoms with Crippen LogP contribution in [0.4, 0.5) is 0 Å². The van der Waals surface area contributed by atoms with Gasteiger partial charge in [-0.1, -0.05) is 40.2 Å². The van der Waals surface area contributed by atoms with E-state index in [9.17, 15) is 9.90 Å². The van der Waals surface area contributed by atoms with E-state index in [0.717, 1.165) is 10.0 Å². The Balaban J connectivity index is 2.07. The van der Waals surface area contributed by atoms with Crippen LogP contribution in [0.1, 0.15) is 28.9 Å². The van der Waals surface area contributed by atoms with Crippen molar-refractivity contribution in [2.24, 2.45) is 0 Å². The Morgan fingerprint density at radius 1 is 1.25 bits per heavy atom. The zero-order valence-corrected chi connectivity index (χ0v) is 12.6. The van der Waals surface area contributed by atoms with Crippen LogP contribution in [0.2, 0.25) is 0 Å². The number of ketones is 1. The average Bonchev–Trinajstić information content (AvgIpc) is 2.45. The molecule has 0 spiro atoms. The van der Waals surface area contributed by atoms with Gasteiger partial charge in [0, 0.05) is 4.47 Å². The van der Waals surface area contributed by atoms with Crippen LogP contribution < -0.4 is 4.74 Å². The van der Waals surface area contributed by atoms with E-state index in [1.54, 1.807) is 24.3 Å². The fourth-order valence-electron chi connectivity index (χ4n) is 1.86. The number of ether oxygens (including phenoxy) is 1. The molecule has 1 unspecified atom stereocenters. The summed E-state index contributed by atoms with van der Waals surface area (Å²) in [5.41, 5.74) is 1.29. The van der Waals surface area contributed by atoms with E-state index >= 15 is 0 Å². The molecule has 2 aromatic rings. The molecule has 0 aromatic heterocycles. The maximum atomic E-state index is 11.5. The summed E-state index contributed by atoms with van der Waals surface area (Å²) in [4.78, 5) is 11.5. The summed E-state index contributed by atoms with van der Waals surface area (Å²) in [7, 11) is 0. The fourth-order valence-corrected chi connectivity index (χ4v) is 2.28. The predicted molar refractivity (Wildman–Crippen MR) is 81.0 cm³/mol. The maximum Gasteiger partial charge on any atom is 0.163 e. The smallest absolute Gasteiger partial charge is 0.163 e. The standard InChI is InChI=1S/C16H15BrO3/c1-11(18)14-7-2-3-8-16(14)20-10-15(19)12-5-4-6-13(17)9-12/h2-9,15,19H,10H2,1H3. The highest BCUT2D eigenvalue weighted by Crippen LogP contribution is 2.22. The molecule has 20 heavy (non-hydrogen) atoms. The van der Waals surface area contributed by atoms with Crippen LogP contribution in [0.15, 0.2) is 53.0 Å². The van der Waals surface area contributed by atoms with Crippen LogP contribution in [0.3, 0.4) is 0 Å². The molecule has 4 heteroatoms. The molecule has 1 atom stereocenters. The van der Waals surface area contributed by atoms with E-state index in [-0.39, 0.29) is 12.4 Å². The third-order valence-corrected chi connectivity index (χ3v) is 3.39. The molecule has 0 radical (unpaired) electrons. The second kappa shape index (κ2) is 6.68. The molecule has 0 aliphatic carbocycles. The van der Waals surface area contributed by atoms with Gasteiger partial charge in [-0.2, -0.15) is 0 Å². The summed E-state index contributed by atoms with van der Waals surface area (Å²) >= 11 is 3.36. The van der Waals surface area contributed by atoms with Crippen molar-refractivity contribution in [3.8, 4) is 5.75 Å². The minimum Gasteiger partial charge on any atom is -0.490 e. The Kier molecular flexibility index (Phi) is 4.93. The molecule has 0 heterocycles. The van der Waals surface area contributed by atoms with Gasteiger partial charge in [0.2, 0.25) is 0 Å². The number of carbonyl (C=O) groups is 1. The average molecular weight is 335 g/mol. The third kappa shape index (κ3) is 3.68. The molecular formula is C16H15BrO3. The van der Waals surface area contributed by atoms with E-state index in [1.807, 2.05) is 24.3 Å². The van der Waals surface area contributed by atoms with E-state index in [1.165, 1.54) is 6.92 Å². The second-order valence-corrected chi connectivity index (χ2v) is 5.35. The van der Waals surface area contributed by atoms with Crippen LogP contribution in [-0.2, 0) is 0 Å². The van der Waals surface area contributed by atoms with E-state index < -0.39 is 6.10 Å². The lowest BCUT2D eigenvalue weighted by Gasteiger charge is -2.14. The van der Waals surface area contributed by atoms with Crippen LogP contribution in [0.5, 0.6) is 5.75 Å². The van der Waals surface area contributed by atoms with Gasteiger partial charge in [-0.15, -0.1) is 0 Å². The number of hydrogen-bond donors (Lipinski definition) is 1. The molecule has 0 aliphatic heterocycles. The number of Topliss-reactive ketones (excluding diaryl/α,β-unsaturated/α-hetero) is 1. The normalized spacial score (nSPS) is 11.9. The van der Waals surface area contributed by atoms with Gasteiger partial charge in [0.15, 0.2) is 5.78 Å². The SMILES string of the molecule is CC(=O)c1ccccc1OCC(O)c1cccc(Br)c1. The number of rotatable bonds is 5. The van der Waals surface area contributed by atoms with Gasteiger partial charge in [-0.05, 0) is 36.8 Å². The first-order chi connectivity index (χ1) is 9.58. The maximum absolute atomic E-state index is 11.5. The highest BCUT2D eigenvalue weighted by molar-refractivity contribution is 9.10. The van der Waals surface area contributed by atoms with Crippen molar-refractivity contribution in [1.82, 2.24) is 0 Å². The largest absolute Gasteiger partial charge is 0.490 e. The summed E-state index contributed by atoms with van der Waals surface area (Å²) in [5, 5.41) is 10.1. The first-order valence-corrected chi connectivity index (χ1v) is 7.03. The molecule has 0 saturated heterocycles. The zero-order valence-electron chi connectivity index (χ0n) is 11.0. The summed E-state index contributed by atoms with van der Waals surface area (Å²) in [6, 6.07) is 14.4. The Morgan fingerprint density at radius 2 is 2.00 bits per heavy atom. The molecule has 104 valence electrons. The number of aliphatic hydroxyl groups is 1. The highest BCUT2D eigenvalue weighted by atomic mass is 79.9. The Bertz CT molecular complexity index is 610. The summed E-state index contributed by atoms with van der Waals surface area (Å²) in [6.07, 6.45) is -0.743. The van der Waals surface area contributed by atoms with Crippen molar-refractivity contribution < 1.29 is 14.6 Å². The predicted octanol–water partition coefficient (Wildman–Crippen LogP) is 3.76. The number of aliphatic hydroxyl groups excluding tert-OH is 1. The van der Waals surface area contributed by atoms with E-state index in [4.69, 9.17) is 4.74 Å². The Morgan fingerprint density at radius 3 is 2.70 bits per heavy atom. The van der Waals surface area contributed by atoms with Gasteiger partial charge in [0.1, 0.15) is 18.5 Å². The minimum atomic E-state index is -0.743. The fraction of sp³-hybridized carbons (Fsp3) is 0.188. The third-order valence-electron chi connectivity index (χ3n) is 2.90. The van der Waals surface area contributed by atoms with Gasteiger partial charge < -0.3 is 9.84 Å². The van der Waals surface area contributed by atoms with Crippen LogP contribution in [0.25, 0.3) is 0 Å². The van der Waals surface area contributed by atoms with Crippen LogP contribution >= 0.6 is 15.9 Å². The number of carbonyl (C=O) groups excluding carboxylic acids is 1. The van der Waals surface area contributed by atoms with Crippen molar-refractivity contribution in [3.05, 3.63) is 64.1 Å². The van der Waals surface area contributed by atoms with E-state index in [2.05, 4.69) is 15.9 Å². The topological polar surface area (TPSA) is 46.5 Å². The van der Waals surface area contributed by atoms with Gasteiger partial charge in [-0.3, -0.25) is 4.79 Å². The molecule has 0 fully saturated rings. The van der Waals surface area contributed by atoms with Crippen molar-refractivity contribution in [2.75, 3.05) is 6.61 Å². The van der Waals surface area contributed by atoms with Gasteiger partial charge in [-0.25, -0.2) is 0 Å². The molecule has 0 amide bonds. The molecule has 1 N–H and O–H groups in total. The molecular weight excluding hydrogens is 320 g/mol. The first-order valence-electron chi connectivity index (χ1n) is 6.24. The number of para-hydroxylation sites is 1. The lowest BCUT2D eigenvalue weighted by Crippen LogP contribution is -2.11. The summed E-state index contributed by atoms with van der Waals surface area (Å²) in [6.45, 7) is 1.59. The molecule has 3 nitrogen and oxygen atoms in total. The summed E-state index contributed by atoms with van der Waals surface area (Å²) < 4.78 is 6.47. The summed E-state index contributed by atoms with van der Waals surface area (Å²) in [5.74, 6) is 0.437. The lowest BCUT2D eigenvalue weighted by molar-refractivity contribution is 0.0977. The monoisotopic (exact) mass is 334 g/mol. The van der Waals surface area contributed by atoms with Crippen LogP contribution in [0, 0.1) is 0 Å². The van der Waals surface area contributed by atoms with Crippen molar-refractivity contribution in [2.45, 2.75) is 13.0 Å². The molecule has 2 aromatic carbocycles. The van der Waals surface area contributed by atoms with Gasteiger partial charge in [0.05, 0.1) is 5.56 Å².